The van der Waals surface area contributed by atoms with Crippen LogP contribution in [-0.2, 0) is 11.8 Å². The van der Waals surface area contributed by atoms with Crippen molar-refractivity contribution in [2.75, 3.05) is 6.61 Å². The van der Waals surface area contributed by atoms with Crippen LogP contribution in [0.2, 0.25) is 0 Å². The van der Waals surface area contributed by atoms with Gasteiger partial charge in [-0.3, -0.25) is 4.79 Å². The number of ether oxygens (including phenoxy) is 1. The molecule has 0 aromatic heterocycles. The quantitative estimate of drug-likeness (QED) is 0.445. The first kappa shape index (κ1) is 18.5. The maximum Gasteiger partial charge on any atom is 0.191 e. The van der Waals surface area contributed by atoms with Crippen molar-refractivity contribution in [1.82, 2.24) is 0 Å². The summed E-state index contributed by atoms with van der Waals surface area (Å²) < 4.78 is 6.73. The van der Waals surface area contributed by atoms with Gasteiger partial charge in [0.1, 0.15) is 12.4 Å². The van der Waals surface area contributed by atoms with E-state index in [1.165, 1.54) is 15.4 Å². The summed E-state index contributed by atoms with van der Waals surface area (Å²) in [5, 5.41) is 0. The third kappa shape index (κ3) is 3.48. The monoisotopic (exact) mass is 394 g/mol. The van der Waals surface area contributed by atoms with Crippen LogP contribution in [0.1, 0.15) is 42.3 Å². The van der Waals surface area contributed by atoms with Gasteiger partial charge in [-0.15, -0.1) is 0 Å². The summed E-state index contributed by atoms with van der Waals surface area (Å²) in [6, 6.07) is 12.4. The molecule has 1 aliphatic heterocycles. The van der Waals surface area contributed by atoms with Gasteiger partial charge >= 0.3 is 0 Å². The number of rotatable bonds is 3. The van der Waals surface area contributed by atoms with Gasteiger partial charge in [0.15, 0.2) is 5.78 Å². The number of benzene rings is 2. The van der Waals surface area contributed by atoms with Crippen LogP contribution in [0.4, 0.5) is 0 Å². The number of carbonyl (C=O) groups is 1. The summed E-state index contributed by atoms with van der Waals surface area (Å²) in [6.45, 7) is 10.8. The van der Waals surface area contributed by atoms with Gasteiger partial charge in [-0.25, -0.2) is 0 Å². The predicted molar refractivity (Wildman–Crippen MR) is 114 cm³/mol. The second-order valence-electron chi connectivity index (χ2n) is 7.81. The van der Waals surface area contributed by atoms with Crippen molar-refractivity contribution in [1.29, 1.82) is 0 Å². The Morgan fingerprint density at radius 1 is 1.11 bits per heavy atom. The molecule has 1 heterocycles. The summed E-state index contributed by atoms with van der Waals surface area (Å²) in [6.07, 6.45) is 2.40. The average molecular weight is 395 g/mol. The SMILES string of the molecule is C=CCOc1ccc2c(c1)C/C(=C1\Sc3ccc(C(C)(C)C)cc3S1)C2=O. The van der Waals surface area contributed by atoms with Gasteiger partial charge in [0, 0.05) is 27.3 Å². The number of allylic oxidation sites excluding steroid dienone is 1. The molecule has 0 atom stereocenters. The van der Waals surface area contributed by atoms with Gasteiger partial charge in [-0.2, -0.15) is 0 Å². The summed E-state index contributed by atoms with van der Waals surface area (Å²) in [5.74, 6) is 0.941. The summed E-state index contributed by atoms with van der Waals surface area (Å²) in [4.78, 5) is 15.4. The number of Topliss-reactive ketones (excluding diaryl/α,β-unsaturated/α-hetero) is 1. The fourth-order valence-electron chi connectivity index (χ4n) is 3.26. The van der Waals surface area contributed by atoms with Gasteiger partial charge < -0.3 is 4.74 Å². The molecule has 0 unspecified atom stereocenters. The van der Waals surface area contributed by atoms with Crippen molar-refractivity contribution < 1.29 is 9.53 Å². The second kappa shape index (κ2) is 6.92. The Kier molecular flexibility index (Phi) is 4.73. The number of hydrogen-bond acceptors (Lipinski definition) is 4. The van der Waals surface area contributed by atoms with E-state index in [9.17, 15) is 4.79 Å². The van der Waals surface area contributed by atoms with Crippen LogP contribution in [0.15, 0.2) is 68.7 Å². The Hall–Kier alpha value is -1.91. The van der Waals surface area contributed by atoms with Gasteiger partial charge in [0.25, 0.3) is 0 Å². The van der Waals surface area contributed by atoms with Gasteiger partial charge in [-0.05, 0) is 46.9 Å². The maximum atomic E-state index is 12.9. The zero-order valence-electron chi connectivity index (χ0n) is 15.8. The lowest BCUT2D eigenvalue weighted by atomic mass is 9.87. The highest BCUT2D eigenvalue weighted by Crippen LogP contribution is 2.54. The second-order valence-corrected chi connectivity index (χ2v) is 10.2. The van der Waals surface area contributed by atoms with Crippen LogP contribution in [0, 0.1) is 0 Å². The molecule has 138 valence electrons. The summed E-state index contributed by atoms with van der Waals surface area (Å²) in [7, 11) is 0. The zero-order valence-corrected chi connectivity index (χ0v) is 17.4. The number of fused-ring (bicyclic) bond motifs is 2. The Bertz CT molecular complexity index is 980. The van der Waals surface area contributed by atoms with Crippen LogP contribution in [-0.4, -0.2) is 12.4 Å². The van der Waals surface area contributed by atoms with E-state index in [4.69, 9.17) is 4.74 Å². The highest BCUT2D eigenvalue weighted by Gasteiger charge is 2.32. The van der Waals surface area contributed by atoms with Gasteiger partial charge in [0.05, 0.1) is 4.24 Å². The molecular weight excluding hydrogens is 372 g/mol. The van der Waals surface area contributed by atoms with E-state index in [2.05, 4.69) is 45.5 Å². The molecule has 4 rings (SSSR count). The minimum absolute atomic E-state index is 0.122. The fraction of sp³-hybridized carbons (Fsp3) is 0.261. The van der Waals surface area contributed by atoms with E-state index < -0.39 is 0 Å². The van der Waals surface area contributed by atoms with Crippen LogP contribution in [0.3, 0.4) is 0 Å². The zero-order chi connectivity index (χ0) is 19.2. The third-order valence-electron chi connectivity index (χ3n) is 4.79. The van der Waals surface area contributed by atoms with Crippen LogP contribution < -0.4 is 4.74 Å². The average Bonchev–Trinajstić information content (AvgIpc) is 3.19. The molecule has 1 aliphatic carbocycles. The lowest BCUT2D eigenvalue weighted by Crippen LogP contribution is -2.10. The molecule has 0 bridgehead atoms. The van der Waals surface area contributed by atoms with Crippen LogP contribution in [0.5, 0.6) is 5.75 Å². The van der Waals surface area contributed by atoms with Crippen molar-refractivity contribution in [3.05, 3.63) is 75.6 Å². The molecule has 0 saturated heterocycles. The lowest BCUT2D eigenvalue weighted by molar-refractivity contribution is 0.103. The van der Waals surface area contributed by atoms with Crippen molar-refractivity contribution in [2.45, 2.75) is 42.4 Å². The molecule has 0 radical (unpaired) electrons. The normalized spacial score (nSPS) is 18.4. The largest absolute Gasteiger partial charge is 0.490 e. The Labute approximate surface area is 169 Å². The van der Waals surface area contributed by atoms with E-state index >= 15 is 0 Å². The molecule has 2 aromatic rings. The Balaban J connectivity index is 1.62. The highest BCUT2D eigenvalue weighted by atomic mass is 32.2. The highest BCUT2D eigenvalue weighted by molar-refractivity contribution is 8.24. The first-order valence-electron chi connectivity index (χ1n) is 9.01. The first-order chi connectivity index (χ1) is 12.9. The van der Waals surface area contributed by atoms with Crippen LogP contribution in [0.25, 0.3) is 0 Å². The van der Waals surface area contributed by atoms with Crippen molar-refractivity contribution >= 4 is 29.3 Å². The number of ketones is 1. The van der Waals surface area contributed by atoms with E-state index in [1.807, 2.05) is 18.2 Å². The fourth-order valence-corrected chi connectivity index (χ4v) is 5.84. The number of hydrogen-bond donors (Lipinski definition) is 0. The molecule has 0 spiro atoms. The minimum atomic E-state index is 0.122. The molecule has 2 aliphatic rings. The summed E-state index contributed by atoms with van der Waals surface area (Å²) >= 11 is 3.46. The molecule has 2 aromatic carbocycles. The van der Waals surface area contributed by atoms with E-state index in [0.717, 1.165) is 26.7 Å². The van der Waals surface area contributed by atoms with E-state index in [0.29, 0.717) is 13.0 Å². The van der Waals surface area contributed by atoms with E-state index in [1.54, 1.807) is 29.6 Å². The molecule has 0 fully saturated rings. The smallest absolute Gasteiger partial charge is 0.191 e. The van der Waals surface area contributed by atoms with Crippen LogP contribution >= 0.6 is 23.5 Å². The molecule has 4 heteroatoms. The number of thioether (sulfide) groups is 2. The lowest BCUT2D eigenvalue weighted by Gasteiger charge is -2.19. The molecule has 27 heavy (non-hydrogen) atoms. The molecule has 0 saturated carbocycles. The molecule has 2 nitrogen and oxygen atoms in total. The third-order valence-corrected chi connectivity index (χ3v) is 7.42. The Morgan fingerprint density at radius 2 is 1.89 bits per heavy atom. The minimum Gasteiger partial charge on any atom is -0.490 e. The van der Waals surface area contributed by atoms with Crippen molar-refractivity contribution in [2.24, 2.45) is 0 Å². The molecule has 0 N–H and O–H groups in total. The topological polar surface area (TPSA) is 26.3 Å². The molecule has 0 amide bonds. The number of carbonyl (C=O) groups excluding carboxylic acids is 1. The standard InChI is InChI=1S/C23H22O2S2/c1-5-10-25-16-7-8-17-14(11-16)12-18(21(17)24)22-26-19-9-6-15(23(2,3)4)13-20(19)27-22/h5-9,11,13H,1,10,12H2,2-4H3/b22-18-. The first-order valence-corrected chi connectivity index (χ1v) is 10.6. The van der Waals surface area contributed by atoms with Gasteiger partial charge in [-0.1, -0.05) is 63.0 Å². The summed E-state index contributed by atoms with van der Waals surface area (Å²) in [5.41, 5.74) is 4.21. The van der Waals surface area contributed by atoms with Gasteiger partial charge in [0.2, 0.25) is 0 Å². The molecular formula is C23H22O2S2. The predicted octanol–water partition coefficient (Wildman–Crippen LogP) is 6.40. The Morgan fingerprint density at radius 3 is 2.63 bits per heavy atom. The van der Waals surface area contributed by atoms with Crippen molar-refractivity contribution in [3.8, 4) is 5.75 Å². The maximum absolute atomic E-state index is 12.9. The van der Waals surface area contributed by atoms with E-state index in [-0.39, 0.29) is 11.2 Å². The van der Waals surface area contributed by atoms with Crippen molar-refractivity contribution in [3.63, 3.8) is 0 Å².